The molecule has 1 N–H and O–H groups in total. The fourth-order valence-corrected chi connectivity index (χ4v) is 3.46. The number of carbonyl (C=O) groups is 1. The number of hydrogen-bond donors (Lipinski definition) is 1. The van der Waals surface area contributed by atoms with Crippen molar-refractivity contribution in [1.82, 2.24) is 14.6 Å². The monoisotopic (exact) mass is 351 g/mol. The Labute approximate surface area is 151 Å². The number of hydrogen-bond acceptors (Lipinski definition) is 5. The van der Waals surface area contributed by atoms with E-state index in [-0.39, 0.29) is 12.2 Å². The topological polar surface area (TPSA) is 86.2 Å². The molecule has 26 heavy (non-hydrogen) atoms. The van der Waals surface area contributed by atoms with Crippen molar-refractivity contribution in [3.05, 3.63) is 59.3 Å². The molecule has 134 valence electrons. The average molecular weight is 351 g/mol. The van der Waals surface area contributed by atoms with E-state index in [1.165, 1.54) is 44.5 Å². The van der Waals surface area contributed by atoms with Crippen LogP contribution in [0.1, 0.15) is 48.3 Å². The molecule has 0 amide bonds. The Balaban J connectivity index is 1.55. The van der Waals surface area contributed by atoms with Gasteiger partial charge in [-0.1, -0.05) is 25.3 Å². The summed E-state index contributed by atoms with van der Waals surface area (Å²) in [5.41, 5.74) is 1.07. The van der Waals surface area contributed by atoms with Crippen LogP contribution < -0.4 is 10.0 Å². The SMILES string of the molecule is O=C(Cc1nc2cccc(NC3CCCCC3)n2n1)c1ccc[n+]([O-])c1. The maximum absolute atomic E-state index is 12.4. The third-order valence-electron chi connectivity index (χ3n) is 4.78. The fourth-order valence-electron chi connectivity index (χ4n) is 3.46. The van der Waals surface area contributed by atoms with E-state index >= 15 is 0 Å². The molecular weight excluding hydrogens is 330 g/mol. The molecule has 0 aliphatic heterocycles. The van der Waals surface area contributed by atoms with Crippen LogP contribution in [0.15, 0.2) is 42.7 Å². The standard InChI is InChI=1S/C19H21N5O2/c25-16(14-6-5-11-23(26)13-14)12-17-21-19-10-4-9-18(24(19)22-17)20-15-7-2-1-3-8-15/h4-6,9-11,13,15,20H,1-3,7-8,12H2. The summed E-state index contributed by atoms with van der Waals surface area (Å²) in [5.74, 6) is 1.18. The maximum Gasteiger partial charge on any atom is 0.191 e. The number of carbonyl (C=O) groups excluding carboxylic acids is 1. The minimum atomic E-state index is -0.173. The van der Waals surface area contributed by atoms with Gasteiger partial charge >= 0.3 is 0 Å². The number of Topliss-reactive ketones (excluding diaryl/α,β-unsaturated/α-hetero) is 1. The molecule has 4 rings (SSSR count). The van der Waals surface area contributed by atoms with E-state index < -0.39 is 0 Å². The first-order valence-corrected chi connectivity index (χ1v) is 9.02. The summed E-state index contributed by atoms with van der Waals surface area (Å²) in [7, 11) is 0. The molecule has 3 heterocycles. The van der Waals surface area contributed by atoms with Gasteiger partial charge in [0.25, 0.3) is 0 Å². The quantitative estimate of drug-likeness (QED) is 0.434. The lowest BCUT2D eigenvalue weighted by atomic mass is 9.95. The molecule has 0 bridgehead atoms. The Kier molecular flexibility index (Phi) is 4.51. The van der Waals surface area contributed by atoms with Gasteiger partial charge in [0.1, 0.15) is 5.82 Å². The van der Waals surface area contributed by atoms with Gasteiger partial charge in [-0.15, -0.1) is 5.10 Å². The van der Waals surface area contributed by atoms with Crippen LogP contribution in [0.2, 0.25) is 0 Å². The van der Waals surface area contributed by atoms with Gasteiger partial charge in [-0.25, -0.2) is 4.98 Å². The summed E-state index contributed by atoms with van der Waals surface area (Å²) in [5, 5.41) is 19.4. The zero-order valence-electron chi connectivity index (χ0n) is 14.5. The molecule has 3 aromatic heterocycles. The lowest BCUT2D eigenvalue weighted by Gasteiger charge is -2.23. The Bertz CT molecular complexity index is 931. The molecule has 0 atom stereocenters. The molecule has 0 saturated heterocycles. The first kappa shape index (κ1) is 16.5. The number of fused-ring (bicyclic) bond motifs is 1. The van der Waals surface area contributed by atoms with Crippen LogP contribution in [0.4, 0.5) is 5.82 Å². The lowest BCUT2D eigenvalue weighted by molar-refractivity contribution is -0.605. The van der Waals surface area contributed by atoms with Crippen molar-refractivity contribution >= 4 is 17.2 Å². The molecule has 0 unspecified atom stereocenters. The number of nitrogens with one attached hydrogen (secondary N) is 1. The number of nitrogens with zero attached hydrogens (tertiary/aromatic N) is 4. The summed E-state index contributed by atoms with van der Waals surface area (Å²) in [6.45, 7) is 0. The largest absolute Gasteiger partial charge is 0.619 e. The van der Waals surface area contributed by atoms with E-state index in [0.717, 1.165) is 5.82 Å². The van der Waals surface area contributed by atoms with Gasteiger partial charge in [0.05, 0.1) is 12.0 Å². The molecule has 3 aromatic rings. The maximum atomic E-state index is 12.4. The van der Waals surface area contributed by atoms with Crippen LogP contribution in [0.5, 0.6) is 0 Å². The molecule has 1 fully saturated rings. The predicted molar refractivity (Wildman–Crippen MR) is 96.9 cm³/mol. The molecule has 1 saturated carbocycles. The van der Waals surface area contributed by atoms with Gasteiger partial charge in [-0.05, 0) is 31.0 Å². The van der Waals surface area contributed by atoms with Crippen molar-refractivity contribution < 1.29 is 9.52 Å². The highest BCUT2D eigenvalue weighted by Crippen LogP contribution is 2.22. The normalized spacial score (nSPS) is 15.2. The molecule has 7 nitrogen and oxygen atoms in total. The van der Waals surface area contributed by atoms with Gasteiger partial charge in [-0.2, -0.15) is 9.25 Å². The van der Waals surface area contributed by atoms with Gasteiger partial charge in [0.15, 0.2) is 29.6 Å². The van der Waals surface area contributed by atoms with Crippen molar-refractivity contribution in [2.45, 2.75) is 44.6 Å². The second-order valence-corrected chi connectivity index (χ2v) is 6.74. The van der Waals surface area contributed by atoms with Crippen LogP contribution in [-0.2, 0) is 6.42 Å². The van der Waals surface area contributed by atoms with Crippen LogP contribution in [0.25, 0.3) is 5.65 Å². The highest BCUT2D eigenvalue weighted by molar-refractivity contribution is 5.96. The smallest absolute Gasteiger partial charge is 0.191 e. The van der Waals surface area contributed by atoms with E-state index in [1.807, 2.05) is 18.2 Å². The second-order valence-electron chi connectivity index (χ2n) is 6.74. The Hall–Kier alpha value is -2.96. The van der Waals surface area contributed by atoms with E-state index in [2.05, 4.69) is 15.4 Å². The average Bonchev–Trinajstić information content (AvgIpc) is 3.06. The molecule has 1 aliphatic rings. The summed E-state index contributed by atoms with van der Waals surface area (Å²) in [4.78, 5) is 16.8. The summed E-state index contributed by atoms with van der Waals surface area (Å²) >= 11 is 0. The predicted octanol–water partition coefficient (Wildman–Crippen LogP) is 2.53. The number of aromatic nitrogens is 4. The second kappa shape index (κ2) is 7.11. The van der Waals surface area contributed by atoms with Crippen molar-refractivity contribution in [3.63, 3.8) is 0 Å². The molecule has 0 aromatic carbocycles. The van der Waals surface area contributed by atoms with Gasteiger partial charge in [-0.3, -0.25) is 4.79 Å². The lowest BCUT2D eigenvalue weighted by Crippen LogP contribution is -2.26. The van der Waals surface area contributed by atoms with Gasteiger partial charge < -0.3 is 10.5 Å². The van der Waals surface area contributed by atoms with E-state index in [1.54, 1.807) is 16.6 Å². The van der Waals surface area contributed by atoms with E-state index in [0.29, 0.717) is 27.8 Å². The van der Waals surface area contributed by atoms with Crippen LogP contribution in [0, 0.1) is 5.21 Å². The zero-order chi connectivity index (χ0) is 17.9. The molecule has 0 spiro atoms. The minimum Gasteiger partial charge on any atom is -0.619 e. The fraction of sp³-hybridized carbons (Fsp3) is 0.368. The van der Waals surface area contributed by atoms with Crippen molar-refractivity contribution in [2.75, 3.05) is 5.32 Å². The Morgan fingerprint density at radius 3 is 2.88 bits per heavy atom. The first-order chi connectivity index (χ1) is 12.7. The van der Waals surface area contributed by atoms with Gasteiger partial charge in [0.2, 0.25) is 0 Å². The number of rotatable bonds is 5. The highest BCUT2D eigenvalue weighted by Gasteiger charge is 2.17. The molecule has 0 radical (unpaired) electrons. The summed E-state index contributed by atoms with van der Waals surface area (Å²) < 4.78 is 2.38. The van der Waals surface area contributed by atoms with E-state index in [4.69, 9.17) is 0 Å². The van der Waals surface area contributed by atoms with E-state index in [9.17, 15) is 10.0 Å². The summed E-state index contributed by atoms with van der Waals surface area (Å²) in [6, 6.07) is 9.45. The Morgan fingerprint density at radius 2 is 2.08 bits per heavy atom. The number of anilines is 1. The highest BCUT2D eigenvalue weighted by atomic mass is 16.5. The number of pyridine rings is 2. The molecule has 1 aliphatic carbocycles. The Morgan fingerprint density at radius 1 is 1.23 bits per heavy atom. The molecular formula is C19H21N5O2. The number of ketones is 1. The minimum absolute atomic E-state index is 0.0640. The summed E-state index contributed by atoms with van der Waals surface area (Å²) in [6.07, 6.45) is 8.83. The van der Waals surface area contributed by atoms with Crippen LogP contribution >= 0.6 is 0 Å². The van der Waals surface area contributed by atoms with Crippen molar-refractivity contribution in [1.29, 1.82) is 0 Å². The van der Waals surface area contributed by atoms with Crippen molar-refractivity contribution in [2.24, 2.45) is 0 Å². The third-order valence-corrected chi connectivity index (χ3v) is 4.78. The van der Waals surface area contributed by atoms with Crippen LogP contribution in [-0.4, -0.2) is 26.4 Å². The van der Waals surface area contributed by atoms with Crippen molar-refractivity contribution in [3.8, 4) is 0 Å². The third kappa shape index (κ3) is 3.51. The zero-order valence-corrected chi connectivity index (χ0v) is 14.5. The van der Waals surface area contributed by atoms with Gasteiger partial charge in [0, 0.05) is 12.1 Å². The van der Waals surface area contributed by atoms with Crippen LogP contribution in [0.3, 0.4) is 0 Å². The first-order valence-electron chi connectivity index (χ1n) is 9.02. The molecule has 7 heteroatoms.